The number of rotatable bonds is 6. The first-order valence-electron chi connectivity index (χ1n) is 5.80. The summed E-state index contributed by atoms with van der Waals surface area (Å²) in [4.78, 5) is 21.8. The van der Waals surface area contributed by atoms with E-state index in [1.54, 1.807) is 0 Å². The topological polar surface area (TPSA) is 92.4 Å². The van der Waals surface area contributed by atoms with Crippen LogP contribution in [0.15, 0.2) is 24.3 Å². The number of amides is 1. The van der Waals surface area contributed by atoms with Crippen molar-refractivity contribution in [2.45, 2.75) is 25.8 Å². The Labute approximate surface area is 106 Å². The Hall–Kier alpha value is -1.88. The van der Waals surface area contributed by atoms with Gasteiger partial charge in [0.2, 0.25) is 5.91 Å². The van der Waals surface area contributed by atoms with E-state index < -0.39 is 17.9 Å². The van der Waals surface area contributed by atoms with E-state index in [9.17, 15) is 9.59 Å². The van der Waals surface area contributed by atoms with Crippen LogP contribution in [0.3, 0.4) is 0 Å². The van der Waals surface area contributed by atoms with Crippen LogP contribution < -0.4 is 11.1 Å². The van der Waals surface area contributed by atoms with Crippen LogP contribution in [0, 0.1) is 6.92 Å². The summed E-state index contributed by atoms with van der Waals surface area (Å²) in [6.07, 6.45) is 0.356. The Morgan fingerprint density at radius 2 is 2.06 bits per heavy atom. The fraction of sp³-hybridized carbons (Fsp3) is 0.385. The van der Waals surface area contributed by atoms with Gasteiger partial charge >= 0.3 is 5.97 Å². The number of carboxylic acids is 1. The van der Waals surface area contributed by atoms with Crippen LogP contribution in [0.2, 0.25) is 0 Å². The third-order valence-corrected chi connectivity index (χ3v) is 2.69. The van der Waals surface area contributed by atoms with Crippen molar-refractivity contribution >= 4 is 11.9 Å². The van der Waals surface area contributed by atoms with Crippen LogP contribution in [0.25, 0.3) is 0 Å². The molecule has 5 heteroatoms. The summed E-state index contributed by atoms with van der Waals surface area (Å²) in [6, 6.07) is 6.92. The first-order chi connectivity index (χ1) is 8.50. The molecule has 1 atom stereocenters. The van der Waals surface area contributed by atoms with E-state index in [1.165, 1.54) is 5.56 Å². The third-order valence-electron chi connectivity index (χ3n) is 2.69. The second-order valence-corrected chi connectivity index (χ2v) is 4.17. The molecule has 1 aromatic rings. The van der Waals surface area contributed by atoms with Crippen LogP contribution in [-0.4, -0.2) is 29.6 Å². The maximum atomic E-state index is 11.5. The molecule has 0 radical (unpaired) electrons. The number of hydrogen-bond acceptors (Lipinski definition) is 3. The molecule has 98 valence electrons. The van der Waals surface area contributed by atoms with Gasteiger partial charge in [-0.05, 0) is 24.5 Å². The van der Waals surface area contributed by atoms with E-state index in [2.05, 4.69) is 5.32 Å². The summed E-state index contributed by atoms with van der Waals surface area (Å²) in [5, 5.41) is 11.1. The Morgan fingerprint density at radius 1 is 1.39 bits per heavy atom. The predicted molar refractivity (Wildman–Crippen MR) is 68.1 cm³/mol. The van der Waals surface area contributed by atoms with E-state index >= 15 is 0 Å². The smallest absolute Gasteiger partial charge is 0.305 e. The molecule has 5 nitrogen and oxygen atoms in total. The van der Waals surface area contributed by atoms with Crippen LogP contribution in [0.1, 0.15) is 17.5 Å². The van der Waals surface area contributed by atoms with E-state index in [0.717, 1.165) is 5.56 Å². The molecular weight excluding hydrogens is 232 g/mol. The minimum Gasteiger partial charge on any atom is -0.481 e. The Balaban J connectivity index is 2.36. The van der Waals surface area contributed by atoms with Crippen molar-refractivity contribution in [2.75, 3.05) is 6.54 Å². The average Bonchev–Trinajstić information content (AvgIpc) is 2.30. The molecule has 0 saturated heterocycles. The van der Waals surface area contributed by atoms with Gasteiger partial charge in [-0.15, -0.1) is 0 Å². The molecule has 1 aromatic carbocycles. The minimum absolute atomic E-state index is 0.351. The lowest BCUT2D eigenvalue weighted by Gasteiger charge is -2.11. The number of nitrogens with one attached hydrogen (secondary N) is 1. The van der Waals surface area contributed by atoms with E-state index in [1.807, 2.05) is 31.2 Å². The van der Waals surface area contributed by atoms with Gasteiger partial charge in [0, 0.05) is 6.54 Å². The minimum atomic E-state index is -1.07. The highest BCUT2D eigenvalue weighted by Gasteiger charge is 2.16. The summed E-state index contributed by atoms with van der Waals surface area (Å²) >= 11 is 0. The first kappa shape index (κ1) is 14.2. The maximum Gasteiger partial charge on any atom is 0.305 e. The van der Waals surface area contributed by atoms with Gasteiger partial charge in [-0.3, -0.25) is 9.59 Å². The van der Waals surface area contributed by atoms with Gasteiger partial charge < -0.3 is 16.2 Å². The number of nitrogens with two attached hydrogens (primary N) is 1. The van der Waals surface area contributed by atoms with Crippen molar-refractivity contribution in [1.29, 1.82) is 0 Å². The van der Waals surface area contributed by atoms with E-state index in [0.29, 0.717) is 13.0 Å². The molecule has 0 aliphatic heterocycles. The zero-order chi connectivity index (χ0) is 13.5. The SMILES string of the molecule is Cc1ccccc1CCNC(=O)C(N)CC(=O)O. The second-order valence-electron chi connectivity index (χ2n) is 4.17. The lowest BCUT2D eigenvalue weighted by Crippen LogP contribution is -2.42. The number of carbonyl (C=O) groups excluding carboxylic acids is 1. The number of hydrogen-bond donors (Lipinski definition) is 3. The number of carbonyl (C=O) groups is 2. The summed E-state index contributed by atoms with van der Waals surface area (Å²) < 4.78 is 0. The Kier molecular flexibility index (Phi) is 5.32. The van der Waals surface area contributed by atoms with Gasteiger partial charge in [-0.25, -0.2) is 0 Å². The fourth-order valence-electron chi connectivity index (χ4n) is 1.62. The highest BCUT2D eigenvalue weighted by Crippen LogP contribution is 2.06. The normalized spacial score (nSPS) is 11.9. The number of aryl methyl sites for hydroxylation is 1. The van der Waals surface area contributed by atoms with E-state index in [-0.39, 0.29) is 6.42 Å². The van der Waals surface area contributed by atoms with Crippen molar-refractivity contribution in [1.82, 2.24) is 5.32 Å². The van der Waals surface area contributed by atoms with Crippen molar-refractivity contribution in [2.24, 2.45) is 5.73 Å². The van der Waals surface area contributed by atoms with Crippen molar-refractivity contribution in [3.05, 3.63) is 35.4 Å². The van der Waals surface area contributed by atoms with Crippen LogP contribution in [-0.2, 0) is 16.0 Å². The highest BCUT2D eigenvalue weighted by molar-refractivity contribution is 5.85. The molecule has 0 fully saturated rings. The molecule has 1 unspecified atom stereocenters. The van der Waals surface area contributed by atoms with Crippen molar-refractivity contribution in [3.8, 4) is 0 Å². The zero-order valence-corrected chi connectivity index (χ0v) is 10.3. The average molecular weight is 250 g/mol. The summed E-state index contributed by atoms with van der Waals surface area (Å²) in [5.74, 6) is -1.50. The lowest BCUT2D eigenvalue weighted by atomic mass is 10.1. The number of benzene rings is 1. The molecule has 1 amide bonds. The Bertz CT molecular complexity index is 432. The fourth-order valence-corrected chi connectivity index (χ4v) is 1.62. The third kappa shape index (κ3) is 4.55. The summed E-state index contributed by atoms with van der Waals surface area (Å²) in [6.45, 7) is 2.46. The molecular formula is C13H18N2O3. The predicted octanol–water partition coefficient (Wildman–Crippen LogP) is 0.456. The van der Waals surface area contributed by atoms with Gasteiger partial charge in [-0.1, -0.05) is 24.3 Å². The summed E-state index contributed by atoms with van der Waals surface area (Å²) in [5.41, 5.74) is 7.76. The molecule has 0 bridgehead atoms. The first-order valence-corrected chi connectivity index (χ1v) is 5.80. The quantitative estimate of drug-likeness (QED) is 0.683. The van der Waals surface area contributed by atoms with E-state index in [4.69, 9.17) is 10.8 Å². The number of aliphatic carboxylic acids is 1. The molecule has 0 spiro atoms. The van der Waals surface area contributed by atoms with Crippen LogP contribution in [0.4, 0.5) is 0 Å². The van der Waals surface area contributed by atoms with Gasteiger partial charge in [0.1, 0.15) is 0 Å². The molecule has 18 heavy (non-hydrogen) atoms. The standard InChI is InChI=1S/C13H18N2O3/c1-9-4-2-3-5-10(9)6-7-15-13(18)11(14)8-12(16)17/h2-5,11H,6-8,14H2,1H3,(H,15,18)(H,16,17). The monoisotopic (exact) mass is 250 g/mol. The van der Waals surface area contributed by atoms with Gasteiger partial charge in [0.05, 0.1) is 12.5 Å². The maximum absolute atomic E-state index is 11.5. The molecule has 4 N–H and O–H groups in total. The summed E-state index contributed by atoms with van der Waals surface area (Å²) in [7, 11) is 0. The molecule has 0 aromatic heterocycles. The molecule has 0 saturated carbocycles. The van der Waals surface area contributed by atoms with Gasteiger partial charge in [0.25, 0.3) is 0 Å². The van der Waals surface area contributed by atoms with Gasteiger partial charge in [-0.2, -0.15) is 0 Å². The molecule has 0 aliphatic carbocycles. The largest absolute Gasteiger partial charge is 0.481 e. The second kappa shape index (κ2) is 6.76. The lowest BCUT2D eigenvalue weighted by molar-refractivity contribution is -0.139. The van der Waals surface area contributed by atoms with Crippen LogP contribution >= 0.6 is 0 Å². The highest BCUT2D eigenvalue weighted by atomic mass is 16.4. The van der Waals surface area contributed by atoms with Crippen molar-refractivity contribution < 1.29 is 14.7 Å². The number of carboxylic acid groups (broad SMARTS) is 1. The molecule has 0 aliphatic rings. The zero-order valence-electron chi connectivity index (χ0n) is 10.3. The van der Waals surface area contributed by atoms with Crippen molar-refractivity contribution in [3.63, 3.8) is 0 Å². The van der Waals surface area contributed by atoms with Crippen LogP contribution in [0.5, 0.6) is 0 Å². The molecule has 0 heterocycles. The Morgan fingerprint density at radius 3 is 2.67 bits per heavy atom. The molecule has 1 rings (SSSR count). The van der Waals surface area contributed by atoms with Gasteiger partial charge in [0.15, 0.2) is 0 Å².